The van der Waals surface area contributed by atoms with Crippen LogP contribution in [0.15, 0.2) is 36.4 Å². The van der Waals surface area contributed by atoms with Crippen molar-refractivity contribution in [2.45, 2.75) is 40.0 Å². The van der Waals surface area contributed by atoms with Gasteiger partial charge >= 0.3 is 0 Å². The molecule has 10 heteroatoms. The van der Waals surface area contributed by atoms with E-state index in [9.17, 15) is 19.7 Å². The molecule has 0 saturated carbocycles. The van der Waals surface area contributed by atoms with Crippen LogP contribution >= 0.6 is 11.6 Å². The first-order valence-electron chi connectivity index (χ1n) is 13.3. The van der Waals surface area contributed by atoms with Crippen molar-refractivity contribution in [3.05, 3.63) is 57.1 Å². The molecule has 2 fully saturated rings. The number of carbonyl (C=O) groups is 2. The Morgan fingerprint density at radius 3 is 2.24 bits per heavy atom. The van der Waals surface area contributed by atoms with Crippen LogP contribution in [-0.2, 0) is 4.79 Å². The molecule has 0 aliphatic carbocycles. The Balaban J connectivity index is 1.41. The summed E-state index contributed by atoms with van der Waals surface area (Å²) in [4.78, 5) is 42.7. The number of nitrogens with zero attached hydrogens (tertiary/aromatic N) is 4. The lowest BCUT2D eigenvalue weighted by Gasteiger charge is -2.36. The van der Waals surface area contributed by atoms with Gasteiger partial charge in [0.2, 0.25) is 5.91 Å². The van der Waals surface area contributed by atoms with E-state index < -0.39 is 10.8 Å². The summed E-state index contributed by atoms with van der Waals surface area (Å²) in [5.41, 5.74) is 2.05. The highest BCUT2D eigenvalue weighted by atomic mass is 35.5. The van der Waals surface area contributed by atoms with Gasteiger partial charge in [0.05, 0.1) is 15.6 Å². The zero-order valence-corrected chi connectivity index (χ0v) is 23.0. The second-order valence-electron chi connectivity index (χ2n) is 10.7. The lowest BCUT2D eigenvalue weighted by atomic mass is 9.98. The van der Waals surface area contributed by atoms with E-state index in [-0.39, 0.29) is 17.2 Å². The number of rotatable bonds is 7. The van der Waals surface area contributed by atoms with E-state index in [4.69, 9.17) is 11.6 Å². The largest absolute Gasteiger partial charge is 0.367 e. The first-order chi connectivity index (χ1) is 18.1. The lowest BCUT2D eigenvalue weighted by Crippen LogP contribution is -2.49. The fourth-order valence-corrected chi connectivity index (χ4v) is 5.35. The number of halogens is 1. The molecule has 0 spiro atoms. The third-order valence-electron chi connectivity index (χ3n) is 7.32. The summed E-state index contributed by atoms with van der Waals surface area (Å²) in [5, 5.41) is 15.1. The van der Waals surface area contributed by atoms with Gasteiger partial charge in [0.25, 0.3) is 11.6 Å². The standard InChI is InChI=1S/C28H36ClN5O4/c1-19(2)16-27(35)33-14-12-32(13-15-33)24-7-5-22(18-23(24)29)30-28(36)21-4-6-25(26(17-21)34(37)38)31-10-8-20(3)9-11-31/h4-7,17-20H,8-16H2,1-3H3,(H,30,36). The van der Waals surface area contributed by atoms with Gasteiger partial charge in [-0.3, -0.25) is 19.7 Å². The Hall–Kier alpha value is -3.33. The zero-order chi connectivity index (χ0) is 27.4. The van der Waals surface area contributed by atoms with Gasteiger partial charge < -0.3 is 20.0 Å². The fourth-order valence-electron chi connectivity index (χ4n) is 5.05. The molecule has 0 atom stereocenters. The van der Waals surface area contributed by atoms with E-state index in [0.717, 1.165) is 31.6 Å². The molecule has 2 aromatic carbocycles. The second-order valence-corrected chi connectivity index (χ2v) is 11.1. The second kappa shape index (κ2) is 12.0. The van der Waals surface area contributed by atoms with Gasteiger partial charge in [-0.05, 0) is 55.0 Å². The Labute approximate surface area is 228 Å². The van der Waals surface area contributed by atoms with Gasteiger partial charge in [-0.15, -0.1) is 0 Å². The molecule has 1 N–H and O–H groups in total. The van der Waals surface area contributed by atoms with Gasteiger partial charge in [-0.25, -0.2) is 0 Å². The van der Waals surface area contributed by atoms with Crippen molar-refractivity contribution in [2.75, 3.05) is 54.4 Å². The number of benzene rings is 2. The minimum Gasteiger partial charge on any atom is -0.367 e. The summed E-state index contributed by atoms with van der Waals surface area (Å²) < 4.78 is 0. The van der Waals surface area contributed by atoms with E-state index in [1.165, 1.54) is 6.07 Å². The average molecular weight is 542 g/mol. The third kappa shape index (κ3) is 6.56. The van der Waals surface area contributed by atoms with E-state index in [1.54, 1.807) is 24.3 Å². The number of piperidine rings is 1. The average Bonchev–Trinajstić information content (AvgIpc) is 2.88. The lowest BCUT2D eigenvalue weighted by molar-refractivity contribution is -0.384. The molecule has 2 aromatic rings. The van der Waals surface area contributed by atoms with E-state index in [2.05, 4.69) is 17.1 Å². The fraction of sp³-hybridized carbons (Fsp3) is 0.500. The molecular weight excluding hydrogens is 506 g/mol. The predicted molar refractivity (Wildman–Crippen MR) is 151 cm³/mol. The summed E-state index contributed by atoms with van der Waals surface area (Å²) >= 11 is 6.58. The number of nitrogens with one attached hydrogen (secondary N) is 1. The Bertz CT molecular complexity index is 1190. The van der Waals surface area contributed by atoms with Crippen molar-refractivity contribution in [1.29, 1.82) is 0 Å². The number of hydrogen-bond donors (Lipinski definition) is 1. The number of amides is 2. The maximum atomic E-state index is 13.0. The van der Waals surface area contributed by atoms with E-state index >= 15 is 0 Å². The Morgan fingerprint density at radius 1 is 1.00 bits per heavy atom. The van der Waals surface area contributed by atoms with Crippen molar-refractivity contribution in [2.24, 2.45) is 11.8 Å². The maximum absolute atomic E-state index is 13.0. The predicted octanol–water partition coefficient (Wildman–Crippen LogP) is 5.43. The molecule has 2 amide bonds. The molecule has 0 bridgehead atoms. The molecule has 4 rings (SSSR count). The first-order valence-corrected chi connectivity index (χ1v) is 13.7. The minimum atomic E-state index is -0.437. The highest BCUT2D eigenvalue weighted by molar-refractivity contribution is 6.33. The SMILES string of the molecule is CC(C)CC(=O)N1CCN(c2ccc(NC(=O)c3ccc(N4CCC(C)CC4)c([N+](=O)[O-])c3)cc2Cl)CC1. The highest BCUT2D eigenvalue weighted by Crippen LogP contribution is 2.33. The summed E-state index contributed by atoms with van der Waals surface area (Å²) in [7, 11) is 0. The number of anilines is 3. The molecule has 0 radical (unpaired) electrons. The maximum Gasteiger partial charge on any atom is 0.293 e. The molecule has 0 unspecified atom stereocenters. The smallest absolute Gasteiger partial charge is 0.293 e. The molecule has 2 saturated heterocycles. The minimum absolute atomic E-state index is 0.0633. The Kier molecular flexibility index (Phi) is 8.76. The Morgan fingerprint density at radius 2 is 1.63 bits per heavy atom. The van der Waals surface area contributed by atoms with Crippen LogP contribution in [0.2, 0.25) is 5.02 Å². The number of carbonyl (C=O) groups excluding carboxylic acids is 2. The van der Waals surface area contributed by atoms with Crippen LogP contribution in [0, 0.1) is 22.0 Å². The van der Waals surface area contributed by atoms with Gasteiger partial charge in [0.1, 0.15) is 5.69 Å². The van der Waals surface area contributed by atoms with E-state index in [1.807, 2.05) is 29.7 Å². The quantitative estimate of drug-likeness (QED) is 0.370. The van der Waals surface area contributed by atoms with Crippen LogP contribution in [-0.4, -0.2) is 60.9 Å². The molecule has 2 heterocycles. The zero-order valence-electron chi connectivity index (χ0n) is 22.3. The van der Waals surface area contributed by atoms with Crippen LogP contribution in [0.4, 0.5) is 22.7 Å². The number of piperazine rings is 1. The summed E-state index contributed by atoms with van der Waals surface area (Å²) in [6.45, 7) is 10.5. The van der Waals surface area contributed by atoms with Gasteiger partial charge in [0.15, 0.2) is 0 Å². The number of nitro benzene ring substituents is 1. The molecule has 2 aliphatic heterocycles. The van der Waals surface area contributed by atoms with Crippen molar-refractivity contribution < 1.29 is 14.5 Å². The number of nitro groups is 1. The summed E-state index contributed by atoms with van der Waals surface area (Å²) in [5.74, 6) is 0.688. The van der Waals surface area contributed by atoms with Gasteiger partial charge in [-0.2, -0.15) is 0 Å². The van der Waals surface area contributed by atoms with Crippen LogP contribution < -0.4 is 15.1 Å². The van der Waals surface area contributed by atoms with Gasteiger partial charge in [-0.1, -0.05) is 32.4 Å². The van der Waals surface area contributed by atoms with Crippen molar-refractivity contribution in [3.8, 4) is 0 Å². The first kappa shape index (κ1) is 27.7. The van der Waals surface area contributed by atoms with Crippen LogP contribution in [0.1, 0.15) is 50.4 Å². The van der Waals surface area contributed by atoms with Crippen LogP contribution in [0.25, 0.3) is 0 Å². The molecule has 0 aromatic heterocycles. The number of hydrogen-bond acceptors (Lipinski definition) is 6. The van der Waals surface area contributed by atoms with E-state index in [0.29, 0.717) is 60.8 Å². The van der Waals surface area contributed by atoms with Crippen LogP contribution in [0.3, 0.4) is 0 Å². The summed E-state index contributed by atoms with van der Waals surface area (Å²) in [6, 6.07) is 9.96. The van der Waals surface area contributed by atoms with Crippen molar-refractivity contribution >= 4 is 46.2 Å². The molecule has 2 aliphatic rings. The van der Waals surface area contributed by atoms with Crippen LogP contribution in [0.5, 0.6) is 0 Å². The molecule has 204 valence electrons. The molecule has 38 heavy (non-hydrogen) atoms. The van der Waals surface area contributed by atoms with Crippen molar-refractivity contribution in [1.82, 2.24) is 4.90 Å². The topological polar surface area (TPSA) is 99.0 Å². The monoisotopic (exact) mass is 541 g/mol. The normalized spacial score (nSPS) is 16.6. The van der Waals surface area contributed by atoms with Gasteiger partial charge in [0, 0.05) is 63.0 Å². The summed E-state index contributed by atoms with van der Waals surface area (Å²) in [6.07, 6.45) is 2.53. The third-order valence-corrected chi connectivity index (χ3v) is 7.62. The molecular formula is C28H36ClN5O4. The highest BCUT2D eigenvalue weighted by Gasteiger charge is 2.26. The molecule has 9 nitrogen and oxygen atoms in total. The van der Waals surface area contributed by atoms with Crippen molar-refractivity contribution in [3.63, 3.8) is 0 Å².